The summed E-state index contributed by atoms with van der Waals surface area (Å²) < 4.78 is 14.7. The molecule has 0 amide bonds. The highest BCUT2D eigenvalue weighted by Crippen LogP contribution is 2.29. The van der Waals surface area contributed by atoms with Crippen LogP contribution in [0.4, 0.5) is 10.1 Å². The Kier molecular flexibility index (Phi) is 3.37. The van der Waals surface area contributed by atoms with Crippen LogP contribution in [0.3, 0.4) is 0 Å². The lowest BCUT2D eigenvalue weighted by molar-refractivity contribution is 0.617. The van der Waals surface area contributed by atoms with Crippen molar-refractivity contribution in [2.45, 2.75) is 26.3 Å². The zero-order valence-electron chi connectivity index (χ0n) is 12.6. The maximum Gasteiger partial charge on any atom is 0.275 e. The topological polar surface area (TPSA) is 50.5 Å². The summed E-state index contributed by atoms with van der Waals surface area (Å²) in [6.07, 6.45) is 1.88. The quantitative estimate of drug-likeness (QED) is 0.725. The summed E-state index contributed by atoms with van der Waals surface area (Å²) in [5.41, 5.74) is 2.62. The molecule has 2 aromatic heterocycles. The summed E-state index contributed by atoms with van der Waals surface area (Å²) in [7, 11) is 0. The van der Waals surface area contributed by atoms with Gasteiger partial charge in [-0.05, 0) is 43.5 Å². The molecule has 0 N–H and O–H groups in total. The second-order valence-corrected chi connectivity index (χ2v) is 6.76. The minimum absolute atomic E-state index is 0.156. The Morgan fingerprint density at radius 3 is 3.09 bits per heavy atom. The molecule has 0 atom stereocenters. The molecule has 1 aliphatic rings. The predicted octanol–water partition coefficient (Wildman–Crippen LogP) is 2.55. The van der Waals surface area contributed by atoms with E-state index >= 15 is 0 Å². The molecular weight excluding hydrogens is 315 g/mol. The van der Waals surface area contributed by atoms with Crippen molar-refractivity contribution in [1.29, 1.82) is 0 Å². The van der Waals surface area contributed by atoms with Crippen molar-refractivity contribution in [2.75, 3.05) is 11.4 Å². The number of aromatic nitrogens is 3. The van der Waals surface area contributed by atoms with Gasteiger partial charge in [0.25, 0.3) is 5.56 Å². The van der Waals surface area contributed by atoms with Crippen molar-refractivity contribution in [3.05, 3.63) is 56.7 Å². The monoisotopic (exact) mass is 330 g/mol. The van der Waals surface area contributed by atoms with Crippen LogP contribution in [0.15, 0.2) is 29.1 Å². The van der Waals surface area contributed by atoms with Crippen LogP contribution < -0.4 is 10.5 Å². The third kappa shape index (κ3) is 2.61. The fraction of sp³-hybridized carbons (Fsp3) is 0.312. The van der Waals surface area contributed by atoms with E-state index in [1.54, 1.807) is 13.0 Å². The fourth-order valence-corrected chi connectivity index (χ4v) is 3.96. The lowest BCUT2D eigenvalue weighted by atomic mass is 10.0. The van der Waals surface area contributed by atoms with Crippen molar-refractivity contribution < 1.29 is 4.39 Å². The van der Waals surface area contributed by atoms with Gasteiger partial charge < -0.3 is 4.90 Å². The molecule has 0 aliphatic carbocycles. The highest BCUT2D eigenvalue weighted by molar-refractivity contribution is 7.16. The van der Waals surface area contributed by atoms with Crippen molar-refractivity contribution >= 4 is 22.0 Å². The number of halogens is 1. The number of rotatable bonds is 2. The second-order valence-electron chi connectivity index (χ2n) is 5.72. The van der Waals surface area contributed by atoms with Gasteiger partial charge >= 0.3 is 0 Å². The predicted molar refractivity (Wildman–Crippen MR) is 87.6 cm³/mol. The Morgan fingerprint density at radius 1 is 1.35 bits per heavy atom. The maximum atomic E-state index is 13.4. The summed E-state index contributed by atoms with van der Waals surface area (Å²) in [6.45, 7) is 3.30. The van der Waals surface area contributed by atoms with E-state index in [0.29, 0.717) is 17.2 Å². The number of benzene rings is 1. The highest BCUT2D eigenvalue weighted by atomic mass is 32.1. The molecular formula is C16H15FN4OS. The molecule has 5 nitrogen and oxygen atoms in total. The zero-order chi connectivity index (χ0) is 16.0. The molecule has 0 saturated carbocycles. The van der Waals surface area contributed by atoms with Crippen LogP contribution >= 0.6 is 11.3 Å². The first-order valence-electron chi connectivity index (χ1n) is 7.50. The van der Waals surface area contributed by atoms with Crippen LogP contribution in [-0.2, 0) is 13.0 Å². The minimum Gasteiger partial charge on any atom is -0.364 e. The Morgan fingerprint density at radius 2 is 2.22 bits per heavy atom. The summed E-state index contributed by atoms with van der Waals surface area (Å²) in [6, 6.07) is 6.40. The van der Waals surface area contributed by atoms with E-state index in [4.69, 9.17) is 0 Å². The van der Waals surface area contributed by atoms with E-state index in [1.807, 2.05) is 6.07 Å². The molecule has 3 aromatic rings. The average Bonchev–Trinajstić information content (AvgIpc) is 2.90. The largest absolute Gasteiger partial charge is 0.364 e. The van der Waals surface area contributed by atoms with Crippen LogP contribution in [0.1, 0.15) is 22.7 Å². The molecule has 7 heteroatoms. The molecule has 23 heavy (non-hydrogen) atoms. The van der Waals surface area contributed by atoms with Gasteiger partial charge in [0.1, 0.15) is 10.8 Å². The second kappa shape index (κ2) is 5.42. The van der Waals surface area contributed by atoms with Gasteiger partial charge in [-0.3, -0.25) is 4.79 Å². The summed E-state index contributed by atoms with van der Waals surface area (Å²) in [4.78, 5) is 19.1. The van der Waals surface area contributed by atoms with Crippen LogP contribution in [0.25, 0.3) is 4.96 Å². The van der Waals surface area contributed by atoms with Crippen molar-refractivity contribution in [2.24, 2.45) is 0 Å². The van der Waals surface area contributed by atoms with Gasteiger partial charge in [-0.1, -0.05) is 11.3 Å². The number of fused-ring (bicyclic) bond motifs is 2. The van der Waals surface area contributed by atoms with Crippen LogP contribution in [-0.4, -0.2) is 21.1 Å². The van der Waals surface area contributed by atoms with E-state index < -0.39 is 0 Å². The first-order valence-corrected chi connectivity index (χ1v) is 8.31. The standard InChI is InChI=1S/C16H15FN4OS/c1-10-7-15(22)21-16(18-10)23-14(19-21)9-20-6-2-3-11-8-12(17)4-5-13(11)20/h4-5,7-8H,2-3,6,9H2,1H3. The molecule has 0 fully saturated rings. The highest BCUT2D eigenvalue weighted by Gasteiger charge is 2.19. The van der Waals surface area contributed by atoms with Gasteiger partial charge in [0.05, 0.1) is 6.54 Å². The van der Waals surface area contributed by atoms with Crippen LogP contribution in [0, 0.1) is 12.7 Å². The van der Waals surface area contributed by atoms with E-state index in [1.165, 1.54) is 28.0 Å². The third-order valence-corrected chi connectivity index (χ3v) is 4.89. The Hall–Kier alpha value is -2.28. The Bertz CT molecular complexity index is 949. The van der Waals surface area contributed by atoms with Gasteiger partial charge in [0.2, 0.25) is 4.96 Å². The van der Waals surface area contributed by atoms with Crippen molar-refractivity contribution in [1.82, 2.24) is 14.6 Å². The van der Waals surface area contributed by atoms with Gasteiger partial charge in [-0.25, -0.2) is 9.37 Å². The van der Waals surface area contributed by atoms with E-state index in [2.05, 4.69) is 15.0 Å². The van der Waals surface area contributed by atoms with Crippen LogP contribution in [0.5, 0.6) is 0 Å². The third-order valence-electron chi connectivity index (χ3n) is 4.00. The number of hydrogen-bond donors (Lipinski definition) is 0. The molecule has 0 unspecified atom stereocenters. The van der Waals surface area contributed by atoms with E-state index in [-0.39, 0.29) is 11.4 Å². The molecule has 1 aromatic carbocycles. The lowest BCUT2D eigenvalue weighted by Crippen LogP contribution is -2.29. The fourth-order valence-electron chi connectivity index (χ4n) is 3.00. The first-order chi connectivity index (χ1) is 11.1. The Labute approximate surface area is 136 Å². The normalized spacial score (nSPS) is 14.3. The van der Waals surface area contributed by atoms with Crippen LogP contribution in [0.2, 0.25) is 0 Å². The van der Waals surface area contributed by atoms with E-state index in [0.717, 1.165) is 35.6 Å². The van der Waals surface area contributed by atoms with Crippen molar-refractivity contribution in [3.8, 4) is 0 Å². The minimum atomic E-state index is -0.197. The van der Waals surface area contributed by atoms with Gasteiger partial charge in [-0.2, -0.15) is 9.61 Å². The summed E-state index contributed by atoms with van der Waals surface area (Å²) in [5.74, 6) is -0.197. The Balaban J connectivity index is 1.69. The molecule has 0 saturated heterocycles. The molecule has 118 valence electrons. The van der Waals surface area contributed by atoms with E-state index in [9.17, 15) is 9.18 Å². The van der Waals surface area contributed by atoms with Crippen molar-refractivity contribution in [3.63, 3.8) is 0 Å². The molecule has 0 bridgehead atoms. The number of anilines is 1. The molecule has 4 rings (SSSR count). The molecule has 3 heterocycles. The van der Waals surface area contributed by atoms with Gasteiger partial charge in [0.15, 0.2) is 0 Å². The summed E-state index contributed by atoms with van der Waals surface area (Å²) >= 11 is 1.42. The lowest BCUT2D eigenvalue weighted by Gasteiger charge is -2.30. The van der Waals surface area contributed by atoms with Gasteiger partial charge in [0, 0.05) is 24.0 Å². The molecule has 0 spiro atoms. The number of hydrogen-bond acceptors (Lipinski definition) is 5. The van der Waals surface area contributed by atoms with Gasteiger partial charge in [-0.15, -0.1) is 0 Å². The first kappa shape index (κ1) is 14.3. The zero-order valence-corrected chi connectivity index (χ0v) is 13.4. The maximum absolute atomic E-state index is 13.4. The SMILES string of the molecule is Cc1cc(=O)n2nc(CN3CCCc4cc(F)ccc43)sc2n1. The molecule has 1 aliphatic heterocycles. The smallest absolute Gasteiger partial charge is 0.275 e. The summed E-state index contributed by atoms with van der Waals surface area (Å²) in [5, 5.41) is 5.21. The number of aryl methyl sites for hydroxylation is 2. The molecule has 0 radical (unpaired) electrons. The average molecular weight is 330 g/mol. The number of nitrogens with zero attached hydrogens (tertiary/aromatic N) is 4.